The Kier molecular flexibility index (Phi) is 7.23. The Labute approximate surface area is 145 Å². The van der Waals surface area contributed by atoms with Gasteiger partial charge in [-0.05, 0) is 44.9 Å². The van der Waals surface area contributed by atoms with Crippen molar-refractivity contribution in [2.24, 2.45) is 16.8 Å². The predicted octanol–water partition coefficient (Wildman–Crippen LogP) is 1.78. The van der Waals surface area contributed by atoms with E-state index in [9.17, 15) is 4.79 Å². The maximum Gasteiger partial charge on any atom is 0.243 e. The van der Waals surface area contributed by atoms with Crippen molar-refractivity contribution in [1.82, 2.24) is 15.1 Å². The minimum absolute atomic E-state index is 0. The minimum atomic E-state index is 0. The van der Waals surface area contributed by atoms with Gasteiger partial charge in [-0.25, -0.2) is 4.99 Å². The van der Waals surface area contributed by atoms with Gasteiger partial charge in [0.1, 0.15) is 6.54 Å². The van der Waals surface area contributed by atoms with Crippen molar-refractivity contribution >= 4 is 35.8 Å². The number of carbonyl (C=O) groups excluding carboxylic acids is 1. The summed E-state index contributed by atoms with van der Waals surface area (Å²) in [5.74, 6) is 2.73. The van der Waals surface area contributed by atoms with E-state index in [-0.39, 0.29) is 36.4 Å². The largest absolute Gasteiger partial charge is 0.354 e. The van der Waals surface area contributed by atoms with E-state index in [0.717, 1.165) is 30.9 Å². The Bertz CT molecular complexity index is 380. The summed E-state index contributed by atoms with van der Waals surface area (Å²) in [6, 6.07) is 0.336. The van der Waals surface area contributed by atoms with E-state index < -0.39 is 0 Å². The SMILES string of the molecule is CC(C)NC(=NCC(=O)N(C)C)N1CCC(C2CC2)C1.I. The summed E-state index contributed by atoms with van der Waals surface area (Å²) in [7, 11) is 3.54. The van der Waals surface area contributed by atoms with E-state index in [1.165, 1.54) is 19.3 Å². The molecule has 122 valence electrons. The van der Waals surface area contributed by atoms with Gasteiger partial charge in [0.15, 0.2) is 5.96 Å². The van der Waals surface area contributed by atoms with Gasteiger partial charge in [-0.1, -0.05) is 0 Å². The highest BCUT2D eigenvalue weighted by Crippen LogP contribution is 2.41. The van der Waals surface area contributed by atoms with Crippen LogP contribution in [0.2, 0.25) is 0 Å². The Morgan fingerprint density at radius 2 is 1.95 bits per heavy atom. The number of nitrogens with one attached hydrogen (secondary N) is 1. The molecule has 1 saturated heterocycles. The third-order valence-corrected chi connectivity index (χ3v) is 4.09. The average molecular weight is 408 g/mol. The van der Waals surface area contributed by atoms with E-state index >= 15 is 0 Å². The fraction of sp³-hybridized carbons (Fsp3) is 0.867. The van der Waals surface area contributed by atoms with Gasteiger partial charge in [-0.2, -0.15) is 0 Å². The number of likely N-dealkylation sites (tertiary alicyclic amines) is 1. The molecule has 1 atom stereocenters. The number of guanidine groups is 1. The summed E-state index contributed by atoms with van der Waals surface area (Å²) in [4.78, 5) is 20.1. The van der Waals surface area contributed by atoms with Crippen LogP contribution in [0.15, 0.2) is 4.99 Å². The number of amides is 1. The number of halogens is 1. The van der Waals surface area contributed by atoms with Crippen molar-refractivity contribution < 1.29 is 4.79 Å². The van der Waals surface area contributed by atoms with Crippen LogP contribution in [0, 0.1) is 11.8 Å². The van der Waals surface area contributed by atoms with E-state index in [1.54, 1.807) is 19.0 Å². The second-order valence-corrected chi connectivity index (χ2v) is 6.56. The summed E-state index contributed by atoms with van der Waals surface area (Å²) in [6.45, 7) is 6.61. The van der Waals surface area contributed by atoms with Crippen LogP contribution < -0.4 is 5.32 Å². The molecule has 1 unspecified atom stereocenters. The van der Waals surface area contributed by atoms with Crippen LogP contribution in [0.1, 0.15) is 33.1 Å². The highest BCUT2D eigenvalue weighted by atomic mass is 127. The molecule has 1 amide bonds. The molecule has 0 aromatic carbocycles. The lowest BCUT2D eigenvalue weighted by molar-refractivity contribution is -0.127. The van der Waals surface area contributed by atoms with Crippen molar-refractivity contribution in [3.63, 3.8) is 0 Å². The van der Waals surface area contributed by atoms with Crippen LogP contribution in [0.4, 0.5) is 0 Å². The van der Waals surface area contributed by atoms with Gasteiger partial charge in [0.25, 0.3) is 0 Å². The first-order valence-electron chi connectivity index (χ1n) is 7.73. The Balaban J connectivity index is 0.00000220. The zero-order valence-corrected chi connectivity index (χ0v) is 16.0. The fourth-order valence-electron chi connectivity index (χ4n) is 2.71. The van der Waals surface area contributed by atoms with E-state index in [4.69, 9.17) is 0 Å². The number of hydrogen-bond acceptors (Lipinski definition) is 2. The summed E-state index contributed by atoms with van der Waals surface area (Å²) >= 11 is 0. The molecule has 2 fully saturated rings. The van der Waals surface area contributed by atoms with Crippen molar-refractivity contribution in [3.05, 3.63) is 0 Å². The predicted molar refractivity (Wildman–Crippen MR) is 97.1 cm³/mol. The average Bonchev–Trinajstić information content (AvgIpc) is 3.11. The molecule has 2 aliphatic rings. The Hall–Kier alpha value is -0.530. The molecule has 0 aromatic heterocycles. The zero-order valence-electron chi connectivity index (χ0n) is 13.6. The molecule has 1 heterocycles. The molecule has 2 rings (SSSR count). The Morgan fingerprint density at radius 1 is 1.29 bits per heavy atom. The number of likely N-dealkylation sites (N-methyl/N-ethyl adjacent to an activating group) is 1. The molecule has 21 heavy (non-hydrogen) atoms. The summed E-state index contributed by atoms with van der Waals surface area (Å²) in [5, 5.41) is 3.40. The lowest BCUT2D eigenvalue weighted by Gasteiger charge is -2.24. The van der Waals surface area contributed by atoms with Gasteiger partial charge in [-0.15, -0.1) is 24.0 Å². The zero-order chi connectivity index (χ0) is 14.7. The summed E-state index contributed by atoms with van der Waals surface area (Å²) in [5.41, 5.74) is 0. The molecule has 1 aliphatic carbocycles. The topological polar surface area (TPSA) is 47.9 Å². The van der Waals surface area contributed by atoms with Crippen LogP contribution in [0.25, 0.3) is 0 Å². The first kappa shape index (κ1) is 18.5. The molecular weight excluding hydrogens is 379 g/mol. The number of carbonyl (C=O) groups is 1. The van der Waals surface area contributed by atoms with E-state index in [0.29, 0.717) is 6.04 Å². The van der Waals surface area contributed by atoms with Crippen molar-refractivity contribution in [2.45, 2.75) is 39.2 Å². The number of rotatable bonds is 4. The maximum absolute atomic E-state index is 11.7. The molecule has 0 spiro atoms. The maximum atomic E-state index is 11.7. The molecule has 5 nitrogen and oxygen atoms in total. The van der Waals surface area contributed by atoms with Gasteiger partial charge in [0.05, 0.1) is 0 Å². The smallest absolute Gasteiger partial charge is 0.243 e. The quantitative estimate of drug-likeness (QED) is 0.438. The third-order valence-electron chi connectivity index (χ3n) is 4.09. The van der Waals surface area contributed by atoms with Gasteiger partial charge < -0.3 is 15.1 Å². The molecule has 1 aliphatic heterocycles. The van der Waals surface area contributed by atoms with Gasteiger partial charge in [0.2, 0.25) is 5.91 Å². The lowest BCUT2D eigenvalue weighted by Crippen LogP contribution is -2.44. The molecule has 1 N–H and O–H groups in total. The minimum Gasteiger partial charge on any atom is -0.354 e. The molecule has 0 bridgehead atoms. The monoisotopic (exact) mass is 408 g/mol. The highest BCUT2D eigenvalue weighted by molar-refractivity contribution is 14.0. The van der Waals surface area contributed by atoms with Crippen molar-refractivity contribution in [2.75, 3.05) is 33.7 Å². The summed E-state index contributed by atoms with van der Waals surface area (Å²) in [6.07, 6.45) is 4.08. The van der Waals surface area contributed by atoms with Crippen LogP contribution >= 0.6 is 24.0 Å². The number of hydrogen-bond donors (Lipinski definition) is 1. The van der Waals surface area contributed by atoms with Crippen LogP contribution in [-0.4, -0.2) is 61.4 Å². The number of nitrogens with zero attached hydrogens (tertiary/aromatic N) is 3. The van der Waals surface area contributed by atoms with Crippen molar-refractivity contribution in [3.8, 4) is 0 Å². The standard InChI is InChI=1S/C15H28N4O.HI/c1-11(2)17-15(16-9-14(20)18(3)4)19-8-7-13(10-19)12-5-6-12;/h11-13H,5-10H2,1-4H3,(H,16,17);1H. The van der Waals surface area contributed by atoms with E-state index in [2.05, 4.69) is 29.1 Å². The van der Waals surface area contributed by atoms with Crippen LogP contribution in [-0.2, 0) is 4.79 Å². The molecule has 6 heteroatoms. The van der Waals surface area contributed by atoms with Gasteiger partial charge >= 0.3 is 0 Å². The molecule has 0 aromatic rings. The molecular formula is C15H29IN4O. The van der Waals surface area contributed by atoms with Crippen molar-refractivity contribution in [1.29, 1.82) is 0 Å². The molecule has 0 radical (unpaired) electrons. The van der Waals surface area contributed by atoms with Crippen LogP contribution in [0.3, 0.4) is 0 Å². The second kappa shape index (κ2) is 8.19. The summed E-state index contributed by atoms with van der Waals surface area (Å²) < 4.78 is 0. The normalized spacial score (nSPS) is 22.2. The first-order chi connectivity index (χ1) is 9.47. The Morgan fingerprint density at radius 3 is 2.48 bits per heavy atom. The third kappa shape index (κ3) is 5.64. The first-order valence-corrected chi connectivity index (χ1v) is 7.73. The second-order valence-electron chi connectivity index (χ2n) is 6.56. The molecule has 1 saturated carbocycles. The van der Waals surface area contributed by atoms with Gasteiger partial charge in [-0.3, -0.25) is 4.79 Å². The van der Waals surface area contributed by atoms with Gasteiger partial charge in [0, 0.05) is 33.2 Å². The highest BCUT2D eigenvalue weighted by Gasteiger charge is 2.36. The van der Waals surface area contributed by atoms with Crippen LogP contribution in [0.5, 0.6) is 0 Å². The van der Waals surface area contributed by atoms with E-state index in [1.807, 2.05) is 0 Å². The number of aliphatic imine (C=N–C) groups is 1. The fourth-order valence-corrected chi connectivity index (χ4v) is 2.71. The lowest BCUT2D eigenvalue weighted by atomic mass is 10.0.